The van der Waals surface area contributed by atoms with Crippen molar-refractivity contribution in [1.29, 1.82) is 0 Å². The van der Waals surface area contributed by atoms with Crippen molar-refractivity contribution in [2.24, 2.45) is 0 Å². The van der Waals surface area contributed by atoms with E-state index in [1.807, 2.05) is 30.3 Å². The molecular formula is C18H17N3O4S. The molecule has 0 fully saturated rings. The Morgan fingerprint density at radius 1 is 1.27 bits per heavy atom. The number of rotatable bonds is 7. The minimum absolute atomic E-state index is 0.152. The van der Waals surface area contributed by atoms with Crippen LogP contribution in [0.15, 0.2) is 64.1 Å². The Bertz CT molecular complexity index is 883. The van der Waals surface area contributed by atoms with Gasteiger partial charge in [0.2, 0.25) is 11.6 Å². The number of hydrogen-bond donors (Lipinski definition) is 1. The first-order valence-electron chi connectivity index (χ1n) is 7.88. The summed E-state index contributed by atoms with van der Waals surface area (Å²) in [6.07, 6.45) is 0.237. The second-order valence-corrected chi connectivity index (χ2v) is 6.38. The molecular weight excluding hydrogens is 354 g/mol. The van der Waals surface area contributed by atoms with Gasteiger partial charge >= 0.3 is 0 Å². The summed E-state index contributed by atoms with van der Waals surface area (Å²) in [5, 5.41) is 18.8. The molecule has 0 spiro atoms. The highest BCUT2D eigenvalue weighted by molar-refractivity contribution is 7.99. The van der Waals surface area contributed by atoms with Gasteiger partial charge in [0, 0.05) is 36.1 Å². The Balaban J connectivity index is 1.58. The minimum atomic E-state index is -0.521. The molecule has 0 aliphatic rings. The van der Waals surface area contributed by atoms with Gasteiger partial charge in [0.25, 0.3) is 5.03 Å². The molecule has 134 valence electrons. The molecule has 1 heterocycles. The van der Waals surface area contributed by atoms with Crippen molar-refractivity contribution in [3.8, 4) is 17.4 Å². The lowest BCUT2D eigenvalue weighted by atomic mass is 10.3. The van der Waals surface area contributed by atoms with Crippen LogP contribution in [0.25, 0.3) is 5.69 Å². The number of methoxy groups -OCH3 is 1. The van der Waals surface area contributed by atoms with Crippen LogP contribution >= 0.6 is 11.8 Å². The lowest BCUT2D eigenvalue weighted by Gasteiger charge is -2.06. The van der Waals surface area contributed by atoms with Crippen molar-refractivity contribution in [3.05, 3.63) is 54.6 Å². The van der Waals surface area contributed by atoms with E-state index in [0.717, 1.165) is 5.69 Å². The largest absolute Gasteiger partial charge is 0.538 e. The fraction of sp³-hybridized carbons (Fsp3) is 0.167. The first-order valence-corrected chi connectivity index (χ1v) is 8.87. The van der Waals surface area contributed by atoms with E-state index in [-0.39, 0.29) is 12.3 Å². The lowest BCUT2D eigenvalue weighted by molar-refractivity contribution is -0.705. The van der Waals surface area contributed by atoms with E-state index in [0.29, 0.717) is 22.2 Å². The molecule has 1 amide bonds. The van der Waals surface area contributed by atoms with Gasteiger partial charge in [-0.15, -0.1) is 0 Å². The quantitative estimate of drug-likeness (QED) is 0.505. The van der Waals surface area contributed by atoms with Crippen LogP contribution < -0.4 is 19.8 Å². The molecule has 0 atom stereocenters. The maximum absolute atomic E-state index is 12.1. The predicted molar refractivity (Wildman–Crippen MR) is 94.4 cm³/mol. The van der Waals surface area contributed by atoms with Crippen LogP contribution in [-0.4, -0.2) is 24.0 Å². The zero-order valence-corrected chi connectivity index (χ0v) is 14.9. The van der Waals surface area contributed by atoms with Crippen LogP contribution in [0.2, 0.25) is 0 Å². The number of nitrogens with one attached hydrogen (secondary N) is 1. The third-order valence-corrected chi connectivity index (χ3v) is 4.52. The maximum atomic E-state index is 12.1. The third-order valence-electron chi connectivity index (χ3n) is 3.49. The molecule has 1 N–H and O–H groups in total. The summed E-state index contributed by atoms with van der Waals surface area (Å²) in [6.45, 7) is 0. The van der Waals surface area contributed by atoms with Crippen LogP contribution in [0.5, 0.6) is 11.7 Å². The summed E-state index contributed by atoms with van der Waals surface area (Å²) in [7, 11) is 1.57. The average molecular weight is 371 g/mol. The zero-order chi connectivity index (χ0) is 18.4. The van der Waals surface area contributed by atoms with E-state index in [4.69, 9.17) is 9.26 Å². The standard InChI is InChI=1S/C18H17N3O4S/c1-24-15-9-5-6-13(12-15)19-16(22)10-11-26-17-18(23)25-20-21(17)14-7-3-2-4-8-14/h2-9,12H,10-11H2,1H3,(H-,19,20,22,23). The van der Waals surface area contributed by atoms with E-state index in [2.05, 4.69) is 10.6 Å². The van der Waals surface area contributed by atoms with E-state index in [1.54, 1.807) is 31.4 Å². The molecule has 0 unspecified atom stereocenters. The highest BCUT2D eigenvalue weighted by atomic mass is 32.2. The number of aromatic nitrogens is 2. The van der Waals surface area contributed by atoms with Gasteiger partial charge in [0.1, 0.15) is 5.75 Å². The van der Waals surface area contributed by atoms with Gasteiger partial charge in [-0.25, -0.2) is 0 Å². The Labute approximate surface area is 154 Å². The van der Waals surface area contributed by atoms with Gasteiger partial charge < -0.3 is 19.7 Å². The van der Waals surface area contributed by atoms with Gasteiger partial charge in [0.15, 0.2) is 5.95 Å². The number of carbonyl (C=O) groups excluding carboxylic acids is 1. The molecule has 0 saturated carbocycles. The van der Waals surface area contributed by atoms with E-state index in [1.165, 1.54) is 16.4 Å². The fourth-order valence-corrected chi connectivity index (χ4v) is 3.16. The van der Waals surface area contributed by atoms with Gasteiger partial charge in [0.05, 0.1) is 12.4 Å². The van der Waals surface area contributed by atoms with E-state index in [9.17, 15) is 9.90 Å². The topological polar surface area (TPSA) is 91.3 Å². The predicted octanol–water partition coefficient (Wildman–Crippen LogP) is 2.15. The summed E-state index contributed by atoms with van der Waals surface area (Å²) in [4.78, 5) is 12.1. The molecule has 8 heteroatoms. The van der Waals surface area contributed by atoms with E-state index < -0.39 is 5.95 Å². The second kappa shape index (κ2) is 8.39. The SMILES string of the molecule is COc1cccc(NC(=O)CCSc2c([O-])on[n+]2-c2ccccc2)c1. The number of benzene rings is 2. The first kappa shape index (κ1) is 17.8. The summed E-state index contributed by atoms with van der Waals surface area (Å²) in [5.74, 6) is 0.411. The molecule has 3 aromatic rings. The van der Waals surface area contributed by atoms with Gasteiger partial charge in [-0.2, -0.15) is 0 Å². The summed E-state index contributed by atoms with van der Waals surface area (Å²) in [6, 6.07) is 16.3. The number of nitrogens with zero attached hydrogens (tertiary/aromatic N) is 2. The van der Waals surface area contributed by atoms with Crippen LogP contribution in [0.3, 0.4) is 0 Å². The second-order valence-electron chi connectivity index (χ2n) is 5.29. The third kappa shape index (κ3) is 4.34. The number of hydrogen-bond acceptors (Lipinski definition) is 6. The Morgan fingerprint density at radius 3 is 2.85 bits per heavy atom. The van der Waals surface area contributed by atoms with Crippen molar-refractivity contribution in [2.45, 2.75) is 11.4 Å². The van der Waals surface area contributed by atoms with Crippen LogP contribution in [0.4, 0.5) is 5.69 Å². The summed E-state index contributed by atoms with van der Waals surface area (Å²) < 4.78 is 11.3. The average Bonchev–Trinajstić information content (AvgIpc) is 3.03. The fourth-order valence-electron chi connectivity index (χ4n) is 2.26. The van der Waals surface area contributed by atoms with Crippen LogP contribution in [-0.2, 0) is 4.79 Å². The van der Waals surface area contributed by atoms with Gasteiger partial charge in [-0.05, 0) is 16.8 Å². The molecule has 0 saturated heterocycles. The number of amides is 1. The molecule has 0 radical (unpaired) electrons. The lowest BCUT2D eigenvalue weighted by Crippen LogP contribution is -2.34. The van der Waals surface area contributed by atoms with Gasteiger partial charge in [-0.3, -0.25) is 4.79 Å². The van der Waals surface area contributed by atoms with Crippen LogP contribution in [0, 0.1) is 0 Å². The Kier molecular flexibility index (Phi) is 5.75. The molecule has 0 bridgehead atoms. The number of para-hydroxylation sites is 1. The zero-order valence-electron chi connectivity index (χ0n) is 14.0. The Hall–Kier alpha value is -3.00. The molecule has 0 aliphatic heterocycles. The highest BCUT2D eigenvalue weighted by Gasteiger charge is 2.20. The molecule has 1 aromatic heterocycles. The molecule has 3 rings (SSSR count). The summed E-state index contributed by atoms with van der Waals surface area (Å²) >= 11 is 1.23. The first-order chi connectivity index (χ1) is 12.7. The van der Waals surface area contributed by atoms with Crippen molar-refractivity contribution >= 4 is 23.4 Å². The minimum Gasteiger partial charge on any atom is -0.538 e. The smallest absolute Gasteiger partial charge is 0.297 e. The number of anilines is 1. The molecule has 7 nitrogen and oxygen atoms in total. The molecule has 26 heavy (non-hydrogen) atoms. The number of carbonyl (C=O) groups is 1. The molecule has 2 aromatic carbocycles. The monoisotopic (exact) mass is 371 g/mol. The normalized spacial score (nSPS) is 10.5. The van der Waals surface area contributed by atoms with Crippen LogP contribution in [0.1, 0.15) is 6.42 Å². The van der Waals surface area contributed by atoms with Crippen molar-refractivity contribution in [2.75, 3.05) is 18.2 Å². The number of ether oxygens (including phenoxy) is 1. The van der Waals surface area contributed by atoms with Crippen molar-refractivity contribution in [3.63, 3.8) is 0 Å². The van der Waals surface area contributed by atoms with E-state index >= 15 is 0 Å². The van der Waals surface area contributed by atoms with Gasteiger partial charge in [-0.1, -0.05) is 36.0 Å². The Morgan fingerprint density at radius 2 is 2.08 bits per heavy atom. The number of thioether (sulfide) groups is 1. The highest BCUT2D eigenvalue weighted by Crippen LogP contribution is 2.24. The molecule has 0 aliphatic carbocycles. The van der Waals surface area contributed by atoms with Crippen molar-refractivity contribution < 1.29 is 23.8 Å². The summed E-state index contributed by atoms with van der Waals surface area (Å²) in [5.41, 5.74) is 1.38. The maximum Gasteiger partial charge on any atom is 0.297 e. The van der Waals surface area contributed by atoms with Crippen molar-refractivity contribution in [1.82, 2.24) is 5.27 Å².